The Morgan fingerprint density at radius 2 is 2.35 bits per heavy atom. The Kier molecular flexibility index (Phi) is 2.81. The Morgan fingerprint density at radius 3 is 3.24 bits per heavy atom. The van der Waals surface area contributed by atoms with Crippen molar-refractivity contribution in [2.24, 2.45) is 0 Å². The summed E-state index contributed by atoms with van der Waals surface area (Å²) in [5, 5.41) is 5.71. The smallest absolute Gasteiger partial charge is 0.130 e. The lowest BCUT2D eigenvalue weighted by Gasteiger charge is -2.24. The van der Waals surface area contributed by atoms with Crippen LogP contribution in [0.3, 0.4) is 0 Å². The Bertz CT molecular complexity index is 521. The van der Waals surface area contributed by atoms with Crippen molar-refractivity contribution in [2.45, 2.75) is 32.2 Å². The zero-order chi connectivity index (χ0) is 11.7. The second-order valence-electron chi connectivity index (χ2n) is 4.43. The van der Waals surface area contributed by atoms with Crippen LogP contribution in [0.15, 0.2) is 23.8 Å². The number of thiophene rings is 1. The molecule has 3 nitrogen and oxygen atoms in total. The highest BCUT2D eigenvalue weighted by Gasteiger charge is 2.21. The average molecular weight is 245 g/mol. The molecule has 0 amide bonds. The van der Waals surface area contributed by atoms with E-state index in [1.165, 1.54) is 29.7 Å². The first kappa shape index (κ1) is 10.7. The van der Waals surface area contributed by atoms with Crippen molar-refractivity contribution in [1.82, 2.24) is 9.97 Å². The Balaban J connectivity index is 1.84. The van der Waals surface area contributed by atoms with Gasteiger partial charge in [-0.25, -0.2) is 9.97 Å². The number of rotatable bonds is 2. The van der Waals surface area contributed by atoms with E-state index in [0.29, 0.717) is 6.04 Å². The molecule has 1 aliphatic carbocycles. The van der Waals surface area contributed by atoms with Crippen molar-refractivity contribution >= 4 is 17.2 Å². The number of hydrogen-bond acceptors (Lipinski definition) is 4. The van der Waals surface area contributed by atoms with Crippen LogP contribution in [-0.2, 0) is 6.42 Å². The van der Waals surface area contributed by atoms with Gasteiger partial charge in [-0.1, -0.05) is 0 Å². The van der Waals surface area contributed by atoms with E-state index in [9.17, 15) is 0 Å². The van der Waals surface area contributed by atoms with Gasteiger partial charge >= 0.3 is 0 Å². The quantitative estimate of drug-likeness (QED) is 0.881. The molecule has 0 bridgehead atoms. The first-order valence-electron chi connectivity index (χ1n) is 5.94. The molecule has 2 heterocycles. The molecule has 17 heavy (non-hydrogen) atoms. The van der Waals surface area contributed by atoms with Gasteiger partial charge in [0.25, 0.3) is 0 Å². The fraction of sp³-hybridized carbons (Fsp3) is 0.385. The third kappa shape index (κ3) is 2.17. The van der Waals surface area contributed by atoms with Crippen molar-refractivity contribution in [3.8, 4) is 0 Å². The van der Waals surface area contributed by atoms with Crippen LogP contribution in [0.5, 0.6) is 0 Å². The molecule has 1 aliphatic rings. The van der Waals surface area contributed by atoms with E-state index in [-0.39, 0.29) is 0 Å². The summed E-state index contributed by atoms with van der Waals surface area (Å²) in [5.74, 6) is 0.932. The van der Waals surface area contributed by atoms with Gasteiger partial charge < -0.3 is 5.32 Å². The molecule has 3 rings (SSSR count). The van der Waals surface area contributed by atoms with Gasteiger partial charge in [-0.2, -0.15) is 0 Å². The van der Waals surface area contributed by atoms with Gasteiger partial charge in [0.15, 0.2) is 0 Å². The zero-order valence-electron chi connectivity index (χ0n) is 9.81. The van der Waals surface area contributed by atoms with Crippen molar-refractivity contribution in [3.05, 3.63) is 40.0 Å². The van der Waals surface area contributed by atoms with Gasteiger partial charge in [-0.15, -0.1) is 11.3 Å². The highest BCUT2D eigenvalue weighted by molar-refractivity contribution is 7.10. The van der Waals surface area contributed by atoms with Crippen LogP contribution in [0, 0.1) is 6.92 Å². The SMILES string of the molecule is Cc1cc(NC2CCCc3sccc32)ncn1. The van der Waals surface area contributed by atoms with Gasteiger partial charge in [-0.3, -0.25) is 0 Å². The molecule has 0 aromatic carbocycles. The van der Waals surface area contributed by atoms with Crippen LogP contribution in [0.4, 0.5) is 5.82 Å². The summed E-state index contributed by atoms with van der Waals surface area (Å²) in [7, 11) is 0. The molecule has 0 aliphatic heterocycles. The van der Waals surface area contributed by atoms with Crippen molar-refractivity contribution in [2.75, 3.05) is 5.32 Å². The van der Waals surface area contributed by atoms with Crippen LogP contribution in [0.25, 0.3) is 0 Å². The van der Waals surface area contributed by atoms with E-state index in [2.05, 4.69) is 26.7 Å². The molecular weight excluding hydrogens is 230 g/mol. The average Bonchev–Trinajstić information content (AvgIpc) is 2.78. The summed E-state index contributed by atoms with van der Waals surface area (Å²) in [6.07, 6.45) is 5.30. The lowest BCUT2D eigenvalue weighted by atomic mass is 9.94. The van der Waals surface area contributed by atoms with Crippen LogP contribution in [-0.4, -0.2) is 9.97 Å². The molecule has 0 saturated carbocycles. The summed E-state index contributed by atoms with van der Waals surface area (Å²) in [6, 6.07) is 4.66. The molecule has 2 aromatic rings. The molecular formula is C13H15N3S. The van der Waals surface area contributed by atoms with Crippen molar-refractivity contribution in [1.29, 1.82) is 0 Å². The number of nitrogens with zero attached hydrogens (tertiary/aromatic N) is 2. The largest absolute Gasteiger partial charge is 0.363 e. The van der Waals surface area contributed by atoms with Gasteiger partial charge in [0, 0.05) is 16.6 Å². The number of aryl methyl sites for hydroxylation is 2. The van der Waals surface area contributed by atoms with Gasteiger partial charge in [0.05, 0.1) is 6.04 Å². The van der Waals surface area contributed by atoms with Crippen LogP contribution >= 0.6 is 11.3 Å². The molecule has 0 spiro atoms. The van der Waals surface area contributed by atoms with Crippen LogP contribution < -0.4 is 5.32 Å². The van der Waals surface area contributed by atoms with E-state index < -0.39 is 0 Å². The predicted octanol–water partition coefficient (Wildman–Crippen LogP) is 3.34. The minimum atomic E-state index is 0.416. The molecule has 1 atom stereocenters. The molecule has 2 aromatic heterocycles. The van der Waals surface area contributed by atoms with E-state index >= 15 is 0 Å². The summed E-state index contributed by atoms with van der Waals surface area (Å²) >= 11 is 1.87. The summed E-state index contributed by atoms with van der Waals surface area (Å²) in [5.41, 5.74) is 2.46. The Morgan fingerprint density at radius 1 is 1.41 bits per heavy atom. The number of fused-ring (bicyclic) bond motifs is 1. The highest BCUT2D eigenvalue weighted by atomic mass is 32.1. The Hall–Kier alpha value is -1.42. The number of nitrogens with one attached hydrogen (secondary N) is 1. The van der Waals surface area contributed by atoms with Gasteiger partial charge in [-0.05, 0) is 43.2 Å². The maximum atomic E-state index is 4.27. The van der Waals surface area contributed by atoms with E-state index in [4.69, 9.17) is 0 Å². The standard InChI is InChI=1S/C13H15N3S/c1-9-7-13(15-8-14-9)16-11-3-2-4-12-10(11)5-6-17-12/h5-8,11H,2-4H2,1H3,(H,14,15,16). The fourth-order valence-corrected chi connectivity index (χ4v) is 3.34. The monoisotopic (exact) mass is 245 g/mol. The molecule has 88 valence electrons. The van der Waals surface area contributed by atoms with Gasteiger partial charge in [0.2, 0.25) is 0 Å². The third-order valence-electron chi connectivity index (χ3n) is 3.18. The van der Waals surface area contributed by atoms with E-state index in [0.717, 1.165) is 11.5 Å². The normalized spacial score (nSPS) is 18.8. The fourth-order valence-electron chi connectivity index (χ4n) is 2.35. The Labute approximate surface area is 105 Å². The van der Waals surface area contributed by atoms with Gasteiger partial charge in [0.1, 0.15) is 12.1 Å². The first-order valence-corrected chi connectivity index (χ1v) is 6.82. The zero-order valence-corrected chi connectivity index (χ0v) is 10.6. The van der Waals surface area contributed by atoms with Crippen molar-refractivity contribution < 1.29 is 0 Å². The lowest BCUT2D eigenvalue weighted by Crippen LogP contribution is -2.16. The number of aromatic nitrogens is 2. The maximum absolute atomic E-state index is 4.27. The number of hydrogen-bond donors (Lipinski definition) is 1. The third-order valence-corrected chi connectivity index (χ3v) is 4.17. The molecule has 0 radical (unpaired) electrons. The lowest BCUT2D eigenvalue weighted by molar-refractivity contribution is 0.606. The molecule has 1 N–H and O–H groups in total. The molecule has 4 heteroatoms. The topological polar surface area (TPSA) is 37.8 Å². The minimum absolute atomic E-state index is 0.416. The maximum Gasteiger partial charge on any atom is 0.130 e. The summed E-state index contributed by atoms with van der Waals surface area (Å²) in [4.78, 5) is 9.92. The second-order valence-corrected chi connectivity index (χ2v) is 5.43. The first-order chi connectivity index (χ1) is 8.33. The van der Waals surface area contributed by atoms with Crippen LogP contribution in [0.1, 0.15) is 35.0 Å². The minimum Gasteiger partial charge on any atom is -0.363 e. The molecule has 0 saturated heterocycles. The van der Waals surface area contributed by atoms with Crippen LogP contribution in [0.2, 0.25) is 0 Å². The number of anilines is 1. The molecule has 1 unspecified atom stereocenters. The molecule has 0 fully saturated rings. The highest BCUT2D eigenvalue weighted by Crippen LogP contribution is 2.35. The summed E-state index contributed by atoms with van der Waals surface area (Å²) < 4.78 is 0. The summed E-state index contributed by atoms with van der Waals surface area (Å²) in [6.45, 7) is 1.99. The van der Waals surface area contributed by atoms with E-state index in [1.807, 2.05) is 24.3 Å². The van der Waals surface area contributed by atoms with E-state index in [1.54, 1.807) is 6.33 Å². The van der Waals surface area contributed by atoms with Crippen molar-refractivity contribution in [3.63, 3.8) is 0 Å². The second kappa shape index (κ2) is 4.45. The predicted molar refractivity (Wildman–Crippen MR) is 70.4 cm³/mol.